The summed E-state index contributed by atoms with van der Waals surface area (Å²) >= 11 is 1.90. The Morgan fingerprint density at radius 2 is 1.88 bits per heavy atom. The largest absolute Gasteiger partial charge is 0.354 e. The third kappa shape index (κ3) is 3.05. The second-order valence-corrected chi connectivity index (χ2v) is 7.48. The van der Waals surface area contributed by atoms with Crippen molar-refractivity contribution in [3.63, 3.8) is 0 Å². The monoisotopic (exact) mass is 344 g/mol. The third-order valence-electron chi connectivity index (χ3n) is 4.63. The Kier molecular flexibility index (Phi) is 4.26. The van der Waals surface area contributed by atoms with Crippen LogP contribution < -0.4 is 15.1 Å². The molecule has 0 saturated carbocycles. The lowest BCUT2D eigenvalue weighted by atomic mass is 10.3. The van der Waals surface area contributed by atoms with Gasteiger partial charge in [0.2, 0.25) is 5.95 Å². The topological polar surface area (TPSA) is 57.2 Å². The second kappa shape index (κ2) is 6.55. The summed E-state index contributed by atoms with van der Waals surface area (Å²) in [5.74, 6) is 1.76. The van der Waals surface area contributed by atoms with E-state index < -0.39 is 0 Å². The predicted molar refractivity (Wildman–Crippen MR) is 99.5 cm³/mol. The summed E-state index contributed by atoms with van der Waals surface area (Å²) in [7, 11) is 0. The predicted octanol–water partition coefficient (Wildman–Crippen LogP) is 2.49. The van der Waals surface area contributed by atoms with Crippen LogP contribution in [-0.4, -0.2) is 47.7 Å². The average Bonchev–Trinajstić information content (AvgIpc) is 3.16. The molecule has 2 aromatic heterocycles. The highest BCUT2D eigenvalue weighted by Gasteiger charge is 2.24. The lowest BCUT2D eigenvalue weighted by Crippen LogP contribution is -2.47. The molecule has 0 radical (unpaired) electrons. The number of hydrogen-bond donors (Lipinski definition) is 1. The quantitative estimate of drug-likeness (QED) is 0.920. The van der Waals surface area contributed by atoms with Crippen LogP contribution in [0.2, 0.25) is 0 Å². The third-order valence-corrected chi connectivity index (χ3v) is 5.85. The zero-order valence-electron chi connectivity index (χ0n) is 14.4. The van der Waals surface area contributed by atoms with E-state index in [9.17, 15) is 0 Å². The molecule has 1 saturated heterocycles. The normalized spacial score (nSPS) is 17.2. The summed E-state index contributed by atoms with van der Waals surface area (Å²) in [6.07, 6.45) is 3.67. The molecular formula is C17H24N6S. The summed E-state index contributed by atoms with van der Waals surface area (Å²) in [5.41, 5.74) is 2.36. The number of rotatable bonds is 4. The molecule has 0 unspecified atom stereocenters. The van der Waals surface area contributed by atoms with Crippen LogP contribution in [0, 0.1) is 6.92 Å². The van der Waals surface area contributed by atoms with E-state index in [1.54, 1.807) is 0 Å². The van der Waals surface area contributed by atoms with Crippen molar-refractivity contribution in [1.82, 2.24) is 15.0 Å². The number of thiazole rings is 1. The van der Waals surface area contributed by atoms with Gasteiger partial charge in [-0.2, -0.15) is 4.98 Å². The number of fused-ring (bicyclic) bond motifs is 1. The number of hydrogen-bond acceptors (Lipinski definition) is 7. The Balaban J connectivity index is 1.44. The van der Waals surface area contributed by atoms with E-state index >= 15 is 0 Å². The summed E-state index contributed by atoms with van der Waals surface area (Å²) < 4.78 is 0. The van der Waals surface area contributed by atoms with Crippen molar-refractivity contribution < 1.29 is 0 Å². The lowest BCUT2D eigenvalue weighted by Gasteiger charge is -2.35. The molecule has 24 heavy (non-hydrogen) atoms. The molecular weight excluding hydrogens is 320 g/mol. The lowest BCUT2D eigenvalue weighted by molar-refractivity contribution is 0.644. The van der Waals surface area contributed by atoms with Crippen molar-refractivity contribution in [3.8, 4) is 0 Å². The van der Waals surface area contributed by atoms with E-state index in [0.717, 1.165) is 50.2 Å². The molecule has 1 N–H and O–H groups in total. The highest BCUT2D eigenvalue weighted by molar-refractivity contribution is 7.15. The van der Waals surface area contributed by atoms with Gasteiger partial charge in [0.25, 0.3) is 0 Å². The van der Waals surface area contributed by atoms with Crippen molar-refractivity contribution in [3.05, 3.63) is 22.3 Å². The van der Waals surface area contributed by atoms with E-state index in [0.29, 0.717) is 0 Å². The van der Waals surface area contributed by atoms with Crippen LogP contribution in [0.1, 0.15) is 29.6 Å². The molecule has 0 bridgehead atoms. The van der Waals surface area contributed by atoms with E-state index in [2.05, 4.69) is 38.1 Å². The fraction of sp³-hybridized carbons (Fsp3) is 0.588. The standard InChI is InChI=1S/C17H24N6S/c1-3-18-16-19-12(2)11-15(21-16)22-7-9-23(10-8-22)17-20-13-5-4-6-14(13)24-17/h11H,3-10H2,1-2H3,(H,18,19,21). The average molecular weight is 344 g/mol. The smallest absolute Gasteiger partial charge is 0.224 e. The second-order valence-electron chi connectivity index (χ2n) is 6.42. The number of anilines is 3. The molecule has 1 fully saturated rings. The number of aryl methyl sites for hydroxylation is 3. The van der Waals surface area contributed by atoms with Crippen LogP contribution in [0.25, 0.3) is 0 Å². The highest BCUT2D eigenvalue weighted by atomic mass is 32.1. The van der Waals surface area contributed by atoms with Crippen molar-refractivity contribution in [1.29, 1.82) is 0 Å². The zero-order valence-corrected chi connectivity index (χ0v) is 15.2. The van der Waals surface area contributed by atoms with E-state index in [1.165, 1.54) is 35.0 Å². The maximum atomic E-state index is 4.86. The summed E-state index contributed by atoms with van der Waals surface area (Å²) in [6.45, 7) is 8.90. The Bertz CT molecular complexity index is 698. The van der Waals surface area contributed by atoms with Gasteiger partial charge in [-0.05, 0) is 33.1 Å². The molecule has 128 valence electrons. The van der Waals surface area contributed by atoms with Gasteiger partial charge in [0.05, 0.1) is 5.69 Å². The van der Waals surface area contributed by atoms with E-state index in [4.69, 9.17) is 4.98 Å². The van der Waals surface area contributed by atoms with Gasteiger partial charge in [0.1, 0.15) is 5.82 Å². The number of aromatic nitrogens is 3. The van der Waals surface area contributed by atoms with Crippen LogP contribution in [0.4, 0.5) is 16.9 Å². The Morgan fingerprint density at radius 1 is 1.08 bits per heavy atom. The zero-order chi connectivity index (χ0) is 16.5. The van der Waals surface area contributed by atoms with Crippen molar-refractivity contribution in [2.45, 2.75) is 33.1 Å². The molecule has 2 aliphatic rings. The van der Waals surface area contributed by atoms with Gasteiger partial charge in [-0.15, -0.1) is 11.3 Å². The van der Waals surface area contributed by atoms with Gasteiger partial charge in [0.15, 0.2) is 5.13 Å². The maximum Gasteiger partial charge on any atom is 0.224 e. The first-order valence-corrected chi connectivity index (χ1v) is 9.62. The molecule has 0 atom stereocenters. The first-order chi connectivity index (χ1) is 11.7. The van der Waals surface area contributed by atoms with Gasteiger partial charge >= 0.3 is 0 Å². The Labute approximate surface area is 146 Å². The fourth-order valence-electron chi connectivity index (χ4n) is 3.39. The minimum absolute atomic E-state index is 0.728. The van der Waals surface area contributed by atoms with Crippen molar-refractivity contribution in [2.24, 2.45) is 0 Å². The molecule has 3 heterocycles. The first-order valence-electron chi connectivity index (χ1n) is 8.81. The SMILES string of the molecule is CCNc1nc(C)cc(N2CCN(c3nc4c(s3)CCC4)CC2)n1. The summed E-state index contributed by atoms with van der Waals surface area (Å²) in [5, 5.41) is 4.43. The number of nitrogens with zero attached hydrogens (tertiary/aromatic N) is 5. The molecule has 6 nitrogen and oxygen atoms in total. The molecule has 0 spiro atoms. The van der Waals surface area contributed by atoms with Crippen molar-refractivity contribution >= 4 is 28.2 Å². The van der Waals surface area contributed by atoms with Crippen LogP contribution in [0.3, 0.4) is 0 Å². The first kappa shape index (κ1) is 15.6. The summed E-state index contributed by atoms with van der Waals surface area (Å²) in [4.78, 5) is 20.2. The number of nitrogens with one attached hydrogen (secondary N) is 1. The number of piperazine rings is 1. The van der Waals surface area contributed by atoms with Crippen LogP contribution >= 0.6 is 11.3 Å². The molecule has 0 amide bonds. The summed E-state index contributed by atoms with van der Waals surface area (Å²) in [6, 6.07) is 2.08. The van der Waals surface area contributed by atoms with E-state index in [1.807, 2.05) is 18.3 Å². The van der Waals surface area contributed by atoms with Gasteiger partial charge in [0, 0.05) is 49.4 Å². The van der Waals surface area contributed by atoms with E-state index in [-0.39, 0.29) is 0 Å². The van der Waals surface area contributed by atoms with Crippen molar-refractivity contribution in [2.75, 3.05) is 47.8 Å². The highest BCUT2D eigenvalue weighted by Crippen LogP contribution is 2.33. The Hall–Kier alpha value is -1.89. The van der Waals surface area contributed by atoms with Crippen LogP contribution in [0.15, 0.2) is 6.07 Å². The van der Waals surface area contributed by atoms with Gasteiger partial charge < -0.3 is 15.1 Å². The van der Waals surface area contributed by atoms with Crippen LogP contribution in [0.5, 0.6) is 0 Å². The molecule has 1 aliphatic carbocycles. The molecule has 2 aromatic rings. The van der Waals surface area contributed by atoms with Gasteiger partial charge in [-0.3, -0.25) is 0 Å². The molecule has 1 aliphatic heterocycles. The molecule has 7 heteroatoms. The molecule has 0 aromatic carbocycles. The van der Waals surface area contributed by atoms with Gasteiger partial charge in [-0.1, -0.05) is 0 Å². The maximum absolute atomic E-state index is 4.86. The minimum atomic E-state index is 0.728. The minimum Gasteiger partial charge on any atom is -0.354 e. The van der Waals surface area contributed by atoms with Crippen LogP contribution in [-0.2, 0) is 12.8 Å². The Morgan fingerprint density at radius 3 is 2.62 bits per heavy atom. The molecule has 4 rings (SSSR count). The van der Waals surface area contributed by atoms with Gasteiger partial charge in [-0.25, -0.2) is 9.97 Å². The fourth-order valence-corrected chi connectivity index (χ4v) is 4.59.